The second-order valence-corrected chi connectivity index (χ2v) is 40.1. The summed E-state index contributed by atoms with van der Waals surface area (Å²) in [5.41, 5.74) is 15.9. The minimum atomic E-state index is -0.736. The number of hydrogen-bond donors (Lipinski definition) is 0. The Morgan fingerprint density at radius 1 is 0.243 bits per heavy atom. The van der Waals surface area contributed by atoms with Crippen LogP contribution in [0.25, 0.3) is 0 Å². The predicted molar refractivity (Wildman–Crippen MR) is 558 cm³/mol. The number of pyridine rings is 2. The van der Waals surface area contributed by atoms with Gasteiger partial charge in [0.2, 0.25) is 0 Å². The second-order valence-electron chi connectivity index (χ2n) is 40.1. The van der Waals surface area contributed by atoms with E-state index in [9.17, 15) is 35.1 Å². The van der Waals surface area contributed by atoms with Crippen LogP contribution in [0.1, 0.15) is 303 Å². The molecule has 2 aromatic heterocycles. The second kappa shape index (κ2) is 71.5. The average Bonchev–Trinajstić information content (AvgIpc) is 0.867. The number of aromatic nitrogens is 2. The van der Waals surface area contributed by atoms with Crippen molar-refractivity contribution >= 4 is 0 Å². The lowest BCUT2D eigenvalue weighted by atomic mass is 9.84. The topological polar surface area (TPSA) is 81.2 Å². The lowest BCUT2D eigenvalue weighted by Gasteiger charge is -2.24. The molecule has 136 heavy (non-hydrogen) atoms. The highest BCUT2D eigenvalue weighted by Gasteiger charge is 2.19. The van der Waals surface area contributed by atoms with E-state index in [1.165, 1.54) is 189 Å². The molecule has 6 heterocycles. The van der Waals surface area contributed by atoms with Crippen LogP contribution >= 0.6 is 0 Å². The van der Waals surface area contributed by atoms with Crippen LogP contribution in [0.15, 0.2) is 169 Å². The van der Waals surface area contributed by atoms with Crippen molar-refractivity contribution in [2.75, 3.05) is 39.6 Å². The molecule has 1 saturated carbocycles. The first-order valence-electron chi connectivity index (χ1n) is 50.1. The summed E-state index contributed by atoms with van der Waals surface area (Å²) in [6.45, 7) is 69.3. The molecule has 4 aliphatic heterocycles. The van der Waals surface area contributed by atoms with Crippen LogP contribution in [0.2, 0.25) is 0 Å². The van der Waals surface area contributed by atoms with Crippen LogP contribution in [-0.4, -0.2) is 74.4 Å². The lowest BCUT2D eigenvalue weighted by Crippen LogP contribution is -2.27. The van der Waals surface area contributed by atoms with E-state index in [1.807, 2.05) is 92.0 Å². The van der Waals surface area contributed by atoms with E-state index < -0.39 is 34.9 Å². The molecule has 0 spiro atoms. The van der Waals surface area contributed by atoms with E-state index in [4.69, 9.17) is 28.4 Å². The molecule has 6 unspecified atom stereocenters. The van der Waals surface area contributed by atoms with Crippen LogP contribution < -0.4 is 0 Å². The molecule has 4 aliphatic carbocycles. The third-order valence-electron chi connectivity index (χ3n) is 24.2. The van der Waals surface area contributed by atoms with Crippen molar-refractivity contribution < 1.29 is 63.5 Å². The van der Waals surface area contributed by atoms with Gasteiger partial charge < -0.3 is 28.4 Å². The predicted octanol–water partition coefficient (Wildman–Crippen LogP) is 35.0. The standard InChI is InChI=1S/3C8H8F2.2C8H9F.C8H16.3C8H14.C8H10.2C7H9N.2C7H14O.2C6H12O2/c2*1-5-3-7(9)6(2)8(10)4-5;1-5-3-4-6(2)8(10)7(5)9;2*1-6-3-4-7(2)8(9)5-6;5*1-7-3-5-8(2)6-4-7;4*1-6-3-4-7(2)8-5-6;2*1-5-3-7-6(2)8-4-5/h3*3-4H,1-2H3;2*3-5H,1-2H3;7-8H,3-6H2,1-2H3;2*3,8H,4-6H2,1-2H3;3,5,7-8H,4,6H2,1-2H3;3-6H,1-2H3;2*3-5H,1-2H3;2*6-7H,3-5H2,1-2H3;2*5-6H,3-4H2,1-2H3/t;;;;;;;;;;;;6?,7-;6-,7?;;/m............11../s1. The molecular weight excluding hydrogens is 1720 g/mol. The monoisotopic (exact) mass is 1900 g/mol. The van der Waals surface area contributed by atoms with E-state index in [2.05, 4.69) is 181 Å². The summed E-state index contributed by atoms with van der Waals surface area (Å²) in [6.07, 6.45) is 36.2. The van der Waals surface area contributed by atoms with Crippen LogP contribution in [0, 0.1) is 216 Å². The third-order valence-corrected chi connectivity index (χ3v) is 24.2. The highest BCUT2D eigenvalue weighted by atomic mass is 19.2. The number of rotatable bonds is 0. The minimum absolute atomic E-state index is 0.0196. The van der Waals surface area contributed by atoms with Gasteiger partial charge in [-0.15, -0.1) is 0 Å². The number of aryl methyl sites for hydroxylation is 14. The van der Waals surface area contributed by atoms with Gasteiger partial charge in [0.15, 0.2) is 24.2 Å². The summed E-state index contributed by atoms with van der Waals surface area (Å²) in [4.78, 5) is 8.16. The Balaban J connectivity index is 0.000000726. The van der Waals surface area contributed by atoms with E-state index in [1.54, 1.807) is 63.1 Å². The molecule has 762 valence electrons. The smallest absolute Gasteiger partial charge is 0.161 e. The molecule has 8 aliphatic rings. The van der Waals surface area contributed by atoms with Crippen LogP contribution in [0.4, 0.5) is 35.1 Å². The van der Waals surface area contributed by atoms with Crippen molar-refractivity contribution in [3.8, 4) is 0 Å². The number of allylic oxidation sites excluding steroid dienone is 6. The molecular formula is C120H180F8N2O6. The van der Waals surface area contributed by atoms with Gasteiger partial charge in [-0.2, -0.15) is 0 Å². The Morgan fingerprint density at radius 2 is 0.507 bits per heavy atom. The highest BCUT2D eigenvalue weighted by molar-refractivity contribution is 5.27. The number of ether oxygens (including phenoxy) is 6. The quantitative estimate of drug-likeness (QED) is 0.110. The fraction of sp³-hybridized carbons (Fsp3) is 0.567. The molecule has 0 radical (unpaired) electrons. The van der Waals surface area contributed by atoms with Crippen molar-refractivity contribution in [1.29, 1.82) is 0 Å². The first-order chi connectivity index (χ1) is 63.9. The molecule has 8 atom stereocenters. The van der Waals surface area contributed by atoms with Crippen molar-refractivity contribution in [1.82, 2.24) is 9.97 Å². The normalized spacial score (nSPS) is 22.5. The average molecular weight is 1900 g/mol. The summed E-state index contributed by atoms with van der Waals surface area (Å²) in [7, 11) is 0. The molecule has 4 saturated heterocycles. The van der Waals surface area contributed by atoms with Gasteiger partial charge in [-0.3, -0.25) is 9.97 Å². The van der Waals surface area contributed by atoms with Gasteiger partial charge in [-0.25, -0.2) is 35.1 Å². The zero-order valence-corrected chi connectivity index (χ0v) is 90.0. The van der Waals surface area contributed by atoms with Crippen molar-refractivity contribution in [2.45, 2.75) is 349 Å². The summed E-state index contributed by atoms with van der Waals surface area (Å²) < 4.78 is 132. The fourth-order valence-corrected chi connectivity index (χ4v) is 13.5. The number of nitrogens with zero attached hydrogens (tertiary/aromatic N) is 2. The Morgan fingerprint density at radius 3 is 0.721 bits per heavy atom. The highest BCUT2D eigenvalue weighted by Crippen LogP contribution is 2.29. The van der Waals surface area contributed by atoms with Crippen LogP contribution in [0.5, 0.6) is 0 Å². The van der Waals surface area contributed by atoms with Crippen molar-refractivity contribution in [2.24, 2.45) is 59.2 Å². The van der Waals surface area contributed by atoms with E-state index in [0.717, 1.165) is 109 Å². The molecule has 16 rings (SSSR count). The zero-order chi connectivity index (χ0) is 103. The van der Waals surface area contributed by atoms with Gasteiger partial charge in [0.1, 0.15) is 34.9 Å². The van der Waals surface area contributed by atoms with E-state index in [-0.39, 0.29) is 35.3 Å². The van der Waals surface area contributed by atoms with Crippen molar-refractivity contribution in [3.63, 3.8) is 0 Å². The Kier molecular flexibility index (Phi) is 66.2. The lowest BCUT2D eigenvalue weighted by molar-refractivity contribution is -0.187. The number of benzene rings is 6. The molecule has 16 heteroatoms. The Hall–Kier alpha value is -7.96. The third kappa shape index (κ3) is 62.9. The van der Waals surface area contributed by atoms with Gasteiger partial charge in [0.05, 0.1) is 38.6 Å². The Labute approximate surface area is 821 Å². The van der Waals surface area contributed by atoms with E-state index in [0.29, 0.717) is 57.4 Å². The summed E-state index contributed by atoms with van der Waals surface area (Å²) in [6, 6.07) is 35.5. The molecule has 0 N–H and O–H groups in total. The first-order valence-corrected chi connectivity index (χ1v) is 50.1. The SMILES string of the molecule is CC1=CCC(C)CC1.CC1=CCC(C)CC1.CC1C=CC(C)CC1.CC1CCC(C)CC1.CC1CC[C@@H](C)CO1.CC1CC[C@@H](C)OC1.CC1COC(C)OC1.CC1COC(C)OC1.Cc1cc(F)c(C)c(F)c1.Cc1cc(F)c(C)c(F)c1.Cc1ccc(C)c(F)c1.Cc1ccc(C)c(F)c1.Cc1ccc(C)c(F)c1F.Cc1ccc(C)cc1.Cc1ccc(C)nc1.Cc1ccc(C)nc1. The largest absolute Gasteiger partial charge is 0.378 e. The molecule has 5 fully saturated rings. The van der Waals surface area contributed by atoms with E-state index >= 15 is 0 Å². The summed E-state index contributed by atoms with van der Waals surface area (Å²) in [5, 5.41) is 0. The summed E-state index contributed by atoms with van der Waals surface area (Å²) in [5.74, 6) is 4.75. The maximum atomic E-state index is 12.6. The summed E-state index contributed by atoms with van der Waals surface area (Å²) >= 11 is 0. The van der Waals surface area contributed by atoms with Crippen molar-refractivity contribution in [3.05, 3.63) is 305 Å². The van der Waals surface area contributed by atoms with Gasteiger partial charge >= 0.3 is 0 Å². The molecule has 6 aromatic carbocycles. The number of halogens is 8. The Bertz CT molecular complexity index is 4020. The maximum Gasteiger partial charge on any atom is 0.161 e. The molecule has 8 nitrogen and oxygen atoms in total. The number of hydrogen-bond acceptors (Lipinski definition) is 8. The first kappa shape index (κ1) is 126. The maximum absolute atomic E-state index is 12.6. The van der Waals surface area contributed by atoms with Crippen LogP contribution in [-0.2, 0) is 28.4 Å². The van der Waals surface area contributed by atoms with Gasteiger partial charge in [0, 0.05) is 60.0 Å². The molecule has 0 bridgehead atoms. The molecule has 0 amide bonds. The van der Waals surface area contributed by atoms with Crippen LogP contribution in [0.3, 0.4) is 0 Å². The fourth-order valence-electron chi connectivity index (χ4n) is 13.5. The van der Waals surface area contributed by atoms with Gasteiger partial charge in [-0.05, 0) is 381 Å². The molecule has 8 aromatic rings. The van der Waals surface area contributed by atoms with Gasteiger partial charge in [0.25, 0.3) is 0 Å². The minimum Gasteiger partial charge on any atom is -0.378 e. The van der Waals surface area contributed by atoms with Gasteiger partial charge in [-0.1, -0.05) is 214 Å². The zero-order valence-electron chi connectivity index (χ0n) is 90.0.